The predicted octanol–water partition coefficient (Wildman–Crippen LogP) is 3.94. The summed E-state index contributed by atoms with van der Waals surface area (Å²) in [6, 6.07) is 20.7. The molecule has 3 rings (SSSR count). The van der Waals surface area contributed by atoms with Gasteiger partial charge < -0.3 is 16.0 Å². The van der Waals surface area contributed by atoms with Gasteiger partial charge in [0.2, 0.25) is 5.91 Å². The minimum Gasteiger partial charge on any atom is -0.340 e. The maximum absolute atomic E-state index is 12.6. The first-order valence-electron chi connectivity index (χ1n) is 10.5. The summed E-state index contributed by atoms with van der Waals surface area (Å²) < 4.78 is 0. The van der Waals surface area contributed by atoms with Gasteiger partial charge in [-0.25, -0.2) is 0 Å². The van der Waals surface area contributed by atoms with Crippen LogP contribution in [0.15, 0.2) is 72.8 Å². The fraction of sp³-hybridized carbons (Fsp3) is 0.111. The van der Waals surface area contributed by atoms with E-state index in [4.69, 9.17) is 11.7 Å². The molecule has 3 N–H and O–H groups in total. The van der Waals surface area contributed by atoms with Crippen molar-refractivity contribution in [2.24, 2.45) is 0 Å². The molecule has 3 aromatic rings. The third-order valence-electron chi connectivity index (χ3n) is 5.03. The van der Waals surface area contributed by atoms with E-state index >= 15 is 0 Å². The van der Waals surface area contributed by atoms with Gasteiger partial charge in [-0.15, -0.1) is 6.42 Å². The summed E-state index contributed by atoms with van der Waals surface area (Å²) in [4.78, 5) is 37.6. The maximum atomic E-state index is 12.6. The van der Waals surface area contributed by atoms with Gasteiger partial charge in [-0.3, -0.25) is 14.4 Å². The lowest BCUT2D eigenvalue weighted by Gasteiger charge is -2.17. The molecule has 3 amide bonds. The molecule has 0 saturated carbocycles. The van der Waals surface area contributed by atoms with Crippen molar-refractivity contribution in [3.8, 4) is 18.4 Å². The maximum Gasteiger partial charge on any atom is 0.255 e. The first-order chi connectivity index (χ1) is 16.4. The number of benzene rings is 3. The number of rotatable bonds is 7. The van der Waals surface area contributed by atoms with E-state index in [1.807, 2.05) is 6.07 Å². The molecule has 0 aliphatic carbocycles. The van der Waals surface area contributed by atoms with Gasteiger partial charge in [0.1, 0.15) is 6.04 Å². The molecule has 0 bridgehead atoms. The Kier molecular flexibility index (Phi) is 7.78. The van der Waals surface area contributed by atoms with Crippen LogP contribution < -0.4 is 16.0 Å². The lowest BCUT2D eigenvalue weighted by atomic mass is 10.1. The number of anilines is 2. The number of hydrogen-bond acceptors (Lipinski definition) is 4. The van der Waals surface area contributed by atoms with Crippen LogP contribution >= 0.6 is 0 Å². The second-order valence-electron chi connectivity index (χ2n) is 7.37. The Morgan fingerprint density at radius 1 is 0.794 bits per heavy atom. The highest BCUT2D eigenvalue weighted by molar-refractivity contribution is 6.05. The van der Waals surface area contributed by atoms with Gasteiger partial charge >= 0.3 is 0 Å². The number of amides is 3. The van der Waals surface area contributed by atoms with Crippen molar-refractivity contribution >= 4 is 29.1 Å². The molecule has 1 atom stereocenters. The number of carbonyl (C=O) groups is 3. The van der Waals surface area contributed by atoms with Crippen LogP contribution in [-0.4, -0.2) is 23.8 Å². The topological polar surface area (TPSA) is 111 Å². The minimum atomic E-state index is -0.726. The lowest BCUT2D eigenvalue weighted by Crippen LogP contribution is -2.43. The molecule has 0 spiro atoms. The average Bonchev–Trinajstić information content (AvgIpc) is 2.87. The molecule has 7 nitrogen and oxygen atoms in total. The molecular formula is C27H22N4O3. The highest BCUT2D eigenvalue weighted by Crippen LogP contribution is 2.14. The van der Waals surface area contributed by atoms with Crippen molar-refractivity contribution in [1.29, 1.82) is 5.26 Å². The van der Waals surface area contributed by atoms with E-state index < -0.39 is 11.9 Å². The van der Waals surface area contributed by atoms with Crippen molar-refractivity contribution in [3.05, 3.63) is 95.1 Å². The number of nitrogens with one attached hydrogen (secondary N) is 3. The fourth-order valence-electron chi connectivity index (χ4n) is 3.08. The van der Waals surface area contributed by atoms with Crippen LogP contribution in [0.4, 0.5) is 11.4 Å². The summed E-state index contributed by atoms with van der Waals surface area (Å²) in [5, 5.41) is 17.1. The second kappa shape index (κ2) is 11.1. The van der Waals surface area contributed by atoms with Crippen molar-refractivity contribution < 1.29 is 14.4 Å². The fourth-order valence-corrected chi connectivity index (χ4v) is 3.08. The highest BCUT2D eigenvalue weighted by Gasteiger charge is 2.20. The van der Waals surface area contributed by atoms with Crippen LogP contribution in [0.5, 0.6) is 0 Å². The van der Waals surface area contributed by atoms with E-state index in [9.17, 15) is 14.4 Å². The van der Waals surface area contributed by atoms with E-state index in [1.165, 1.54) is 0 Å². The molecule has 0 aliphatic heterocycles. The second-order valence-corrected chi connectivity index (χ2v) is 7.37. The van der Waals surface area contributed by atoms with Gasteiger partial charge in [0.15, 0.2) is 0 Å². The van der Waals surface area contributed by atoms with Crippen molar-refractivity contribution in [1.82, 2.24) is 5.32 Å². The normalized spacial score (nSPS) is 10.8. The Balaban J connectivity index is 1.58. The zero-order valence-electron chi connectivity index (χ0n) is 18.5. The van der Waals surface area contributed by atoms with E-state index in [-0.39, 0.29) is 11.8 Å². The first kappa shape index (κ1) is 23.8. The highest BCUT2D eigenvalue weighted by atomic mass is 16.2. The molecule has 3 aromatic carbocycles. The summed E-state index contributed by atoms with van der Waals surface area (Å²) in [5.41, 5.74) is 3.01. The Hall–Kier alpha value is -4.88. The van der Waals surface area contributed by atoms with Gasteiger partial charge in [-0.2, -0.15) is 5.26 Å². The number of hydrogen-bond donors (Lipinski definition) is 3. The van der Waals surface area contributed by atoms with E-state index in [2.05, 4.69) is 21.9 Å². The summed E-state index contributed by atoms with van der Waals surface area (Å²) in [6.07, 6.45) is 5.74. The minimum absolute atomic E-state index is 0.334. The number of carbonyl (C=O) groups excluding carboxylic acids is 3. The first-order valence-corrected chi connectivity index (χ1v) is 10.5. The van der Waals surface area contributed by atoms with Gasteiger partial charge in [-0.1, -0.05) is 12.8 Å². The molecule has 0 saturated heterocycles. The van der Waals surface area contributed by atoms with Crippen molar-refractivity contribution in [2.75, 3.05) is 10.6 Å². The van der Waals surface area contributed by atoms with Crippen LogP contribution in [0.2, 0.25) is 0 Å². The predicted molar refractivity (Wildman–Crippen MR) is 130 cm³/mol. The van der Waals surface area contributed by atoms with Crippen LogP contribution in [0, 0.1) is 23.7 Å². The van der Waals surface area contributed by atoms with E-state index in [0.29, 0.717) is 40.0 Å². The summed E-state index contributed by atoms with van der Waals surface area (Å²) >= 11 is 0. The summed E-state index contributed by atoms with van der Waals surface area (Å²) in [6.45, 7) is 1.80. The Bertz CT molecular complexity index is 1270. The largest absolute Gasteiger partial charge is 0.340 e. The monoisotopic (exact) mass is 450 g/mol. The zero-order chi connectivity index (χ0) is 24.5. The standard InChI is InChI=1S/C27H22N4O3/c1-3-18-7-13-22(14-8-18)30-27(34)24(4-2)31-26(33)21-11-15-23(16-12-21)29-25(32)20-9-5-19(17-28)6-10-20/h1,5-16,24H,4H2,2H3,(H,29,32)(H,30,34)(H,31,33)/t24-/m0/s1. The van der Waals surface area contributed by atoms with Crippen molar-refractivity contribution in [3.63, 3.8) is 0 Å². The Morgan fingerprint density at radius 3 is 1.85 bits per heavy atom. The number of nitriles is 1. The molecule has 0 radical (unpaired) electrons. The summed E-state index contributed by atoms with van der Waals surface area (Å²) in [7, 11) is 0. The molecule has 0 aromatic heterocycles. The molecule has 34 heavy (non-hydrogen) atoms. The summed E-state index contributed by atoms with van der Waals surface area (Å²) in [5.74, 6) is 1.43. The van der Waals surface area contributed by atoms with Gasteiger partial charge in [0.25, 0.3) is 11.8 Å². The quantitative estimate of drug-likeness (QED) is 0.474. The lowest BCUT2D eigenvalue weighted by molar-refractivity contribution is -0.118. The third-order valence-corrected chi connectivity index (χ3v) is 5.03. The van der Waals surface area contributed by atoms with Crippen LogP contribution in [0.3, 0.4) is 0 Å². The molecule has 0 unspecified atom stereocenters. The van der Waals surface area contributed by atoms with Crippen molar-refractivity contribution in [2.45, 2.75) is 19.4 Å². The number of terminal acetylenes is 1. The van der Waals surface area contributed by atoms with Gasteiger partial charge in [0, 0.05) is 28.1 Å². The average molecular weight is 450 g/mol. The smallest absolute Gasteiger partial charge is 0.255 e. The third kappa shape index (κ3) is 6.09. The van der Waals surface area contributed by atoms with Gasteiger partial charge in [-0.05, 0) is 79.2 Å². The molecule has 0 heterocycles. The molecule has 7 heteroatoms. The Morgan fingerprint density at radius 2 is 1.29 bits per heavy atom. The van der Waals surface area contributed by atoms with Crippen LogP contribution in [0.1, 0.15) is 45.2 Å². The number of nitrogens with zero attached hydrogens (tertiary/aromatic N) is 1. The molecule has 0 fully saturated rings. The molecule has 168 valence electrons. The Labute approximate surface area is 197 Å². The van der Waals surface area contributed by atoms with E-state index in [0.717, 1.165) is 0 Å². The van der Waals surface area contributed by atoms with E-state index in [1.54, 1.807) is 79.7 Å². The van der Waals surface area contributed by atoms with Crippen LogP contribution in [0.25, 0.3) is 0 Å². The van der Waals surface area contributed by atoms with Crippen LogP contribution in [-0.2, 0) is 4.79 Å². The SMILES string of the molecule is C#Cc1ccc(NC(=O)[C@H](CC)NC(=O)c2ccc(NC(=O)c3ccc(C#N)cc3)cc2)cc1. The molecular weight excluding hydrogens is 428 g/mol. The van der Waals surface area contributed by atoms with Gasteiger partial charge in [0.05, 0.1) is 11.6 Å². The zero-order valence-corrected chi connectivity index (χ0v) is 18.5. The molecule has 0 aliphatic rings.